The van der Waals surface area contributed by atoms with E-state index in [2.05, 4.69) is 24.8 Å². The lowest BCUT2D eigenvalue weighted by molar-refractivity contribution is -0.134. The molecule has 2 aromatic rings. The highest BCUT2D eigenvalue weighted by Gasteiger charge is 2.26. The van der Waals surface area contributed by atoms with Crippen molar-refractivity contribution in [3.63, 3.8) is 0 Å². The molecule has 3 atom stereocenters. The normalized spacial score (nSPS) is 19.1. The van der Waals surface area contributed by atoms with Gasteiger partial charge in [0.15, 0.2) is 11.5 Å². The highest BCUT2D eigenvalue weighted by Crippen LogP contribution is 2.28. The van der Waals surface area contributed by atoms with Crippen molar-refractivity contribution >= 4 is 23.3 Å². The summed E-state index contributed by atoms with van der Waals surface area (Å²) in [5, 5.41) is 28.1. The number of ether oxygens (including phenoxy) is 2. The summed E-state index contributed by atoms with van der Waals surface area (Å²) in [5.74, 6) is -1.12. The standard InChI is InChI=1S/C21H29NO3S.C4H4O4/c1-16-7-5-8-17(2)22(16)13-18(23)14-24-20-10-3-4-11-21(20)25-15-19-9-6-12-26-19;5-3(6)1-2-4(7)8/h3-4,6,9-12,16-18,23H,5,7-8,13-15H2,1-2H3;1-2H,(H,5,6)(H,7,8)/b;2-1+. The van der Waals surface area contributed by atoms with Crippen LogP contribution in [0.15, 0.2) is 53.9 Å². The smallest absolute Gasteiger partial charge is 0.328 e. The number of nitrogens with zero attached hydrogens (tertiary/aromatic N) is 1. The van der Waals surface area contributed by atoms with E-state index in [1.807, 2.05) is 35.7 Å². The first-order chi connectivity index (χ1) is 16.3. The Kier molecular flexibility index (Phi) is 11.6. The van der Waals surface area contributed by atoms with Gasteiger partial charge >= 0.3 is 11.9 Å². The van der Waals surface area contributed by atoms with Crippen LogP contribution in [0.5, 0.6) is 11.5 Å². The Morgan fingerprint density at radius 1 is 1.03 bits per heavy atom. The van der Waals surface area contributed by atoms with Crippen molar-refractivity contribution in [1.82, 2.24) is 4.90 Å². The molecule has 1 aromatic carbocycles. The molecular weight excluding hydrogens is 458 g/mol. The topological polar surface area (TPSA) is 117 Å². The molecule has 186 valence electrons. The van der Waals surface area contributed by atoms with Crippen molar-refractivity contribution in [3.8, 4) is 11.5 Å². The van der Waals surface area contributed by atoms with Gasteiger partial charge in [0.1, 0.15) is 19.3 Å². The predicted octanol–water partition coefficient (Wildman–Crippen LogP) is 4.04. The lowest BCUT2D eigenvalue weighted by atomic mass is 9.97. The van der Waals surface area contributed by atoms with Crippen molar-refractivity contribution in [2.75, 3.05) is 13.2 Å². The molecule has 3 unspecified atom stereocenters. The Morgan fingerprint density at radius 3 is 2.15 bits per heavy atom. The van der Waals surface area contributed by atoms with E-state index in [0.717, 1.165) is 0 Å². The van der Waals surface area contributed by atoms with E-state index < -0.39 is 18.0 Å². The fourth-order valence-electron chi connectivity index (χ4n) is 3.69. The third kappa shape index (κ3) is 9.94. The van der Waals surface area contributed by atoms with Gasteiger partial charge in [-0.05, 0) is 50.3 Å². The molecule has 0 aliphatic carbocycles. The van der Waals surface area contributed by atoms with Crippen LogP contribution in [0, 0.1) is 0 Å². The molecule has 8 nitrogen and oxygen atoms in total. The number of carboxylic acids is 2. The monoisotopic (exact) mass is 491 g/mol. The first-order valence-electron chi connectivity index (χ1n) is 11.2. The van der Waals surface area contributed by atoms with Crippen molar-refractivity contribution in [1.29, 1.82) is 0 Å². The molecule has 0 spiro atoms. The Morgan fingerprint density at radius 2 is 1.62 bits per heavy atom. The van der Waals surface area contributed by atoms with Gasteiger partial charge in [0, 0.05) is 35.7 Å². The van der Waals surface area contributed by atoms with E-state index in [1.54, 1.807) is 11.3 Å². The molecule has 34 heavy (non-hydrogen) atoms. The lowest BCUT2D eigenvalue weighted by Gasteiger charge is -2.40. The van der Waals surface area contributed by atoms with Gasteiger partial charge in [-0.25, -0.2) is 9.59 Å². The van der Waals surface area contributed by atoms with Crippen LogP contribution in [0.2, 0.25) is 0 Å². The second-order valence-corrected chi connectivity index (χ2v) is 9.15. The lowest BCUT2D eigenvalue weighted by Crippen LogP contribution is -2.48. The summed E-state index contributed by atoms with van der Waals surface area (Å²) in [6.45, 7) is 5.95. The summed E-state index contributed by atoms with van der Waals surface area (Å²) in [5.41, 5.74) is 0. The highest BCUT2D eigenvalue weighted by molar-refractivity contribution is 7.09. The number of carbonyl (C=O) groups is 2. The first kappa shape index (κ1) is 27.4. The maximum absolute atomic E-state index is 10.5. The second-order valence-electron chi connectivity index (χ2n) is 8.12. The molecule has 1 aliphatic rings. The van der Waals surface area contributed by atoms with Crippen LogP contribution < -0.4 is 9.47 Å². The molecule has 0 amide bonds. The minimum Gasteiger partial charge on any atom is -0.487 e. The van der Waals surface area contributed by atoms with E-state index in [4.69, 9.17) is 19.7 Å². The van der Waals surface area contributed by atoms with Crippen LogP contribution in [-0.4, -0.2) is 63.5 Å². The number of para-hydroxylation sites is 2. The fraction of sp³-hybridized carbons (Fsp3) is 0.440. The van der Waals surface area contributed by atoms with Gasteiger partial charge in [-0.15, -0.1) is 11.3 Å². The van der Waals surface area contributed by atoms with Gasteiger partial charge in [-0.2, -0.15) is 0 Å². The predicted molar refractivity (Wildman–Crippen MR) is 130 cm³/mol. The number of hydrogen-bond donors (Lipinski definition) is 3. The quantitative estimate of drug-likeness (QED) is 0.427. The molecule has 1 fully saturated rings. The zero-order chi connectivity index (χ0) is 24.9. The zero-order valence-electron chi connectivity index (χ0n) is 19.5. The minimum atomic E-state index is -1.26. The molecule has 1 aromatic heterocycles. The van der Waals surface area contributed by atoms with Crippen LogP contribution in [0.3, 0.4) is 0 Å². The van der Waals surface area contributed by atoms with Crippen molar-refractivity contribution in [2.45, 2.75) is 57.9 Å². The van der Waals surface area contributed by atoms with Gasteiger partial charge in [0.05, 0.1) is 0 Å². The third-order valence-electron chi connectivity index (χ3n) is 5.40. The third-order valence-corrected chi connectivity index (χ3v) is 6.25. The Balaban J connectivity index is 0.000000440. The summed E-state index contributed by atoms with van der Waals surface area (Å²) < 4.78 is 11.8. The highest BCUT2D eigenvalue weighted by atomic mass is 32.1. The van der Waals surface area contributed by atoms with Crippen LogP contribution in [0.4, 0.5) is 0 Å². The SMILES string of the molecule is CC1CCCC(C)N1CC(O)COc1ccccc1OCc1cccs1.O=C(O)/C=C/C(=O)O. The number of thiophene rings is 1. The van der Waals surface area contributed by atoms with Crippen LogP contribution in [0.1, 0.15) is 38.0 Å². The summed E-state index contributed by atoms with van der Waals surface area (Å²) in [4.78, 5) is 22.7. The van der Waals surface area contributed by atoms with Crippen molar-refractivity contribution < 1.29 is 34.4 Å². The average molecular weight is 492 g/mol. The maximum Gasteiger partial charge on any atom is 0.328 e. The molecule has 3 rings (SSSR count). The summed E-state index contributed by atoms with van der Waals surface area (Å²) >= 11 is 1.67. The van der Waals surface area contributed by atoms with Crippen LogP contribution in [0.25, 0.3) is 0 Å². The van der Waals surface area contributed by atoms with E-state index in [-0.39, 0.29) is 6.61 Å². The number of aliphatic carboxylic acids is 2. The Hall–Kier alpha value is -2.88. The number of benzene rings is 1. The molecule has 2 heterocycles. The Labute approximate surface area is 204 Å². The number of hydrogen-bond acceptors (Lipinski definition) is 7. The number of aliphatic hydroxyl groups is 1. The Bertz CT molecular complexity index is 890. The largest absolute Gasteiger partial charge is 0.487 e. The number of piperidine rings is 1. The van der Waals surface area contributed by atoms with Gasteiger partial charge in [0.25, 0.3) is 0 Å². The summed E-state index contributed by atoms with van der Waals surface area (Å²) in [6, 6.07) is 12.8. The van der Waals surface area contributed by atoms with Crippen LogP contribution in [-0.2, 0) is 16.2 Å². The number of β-amino-alcohol motifs (C(OH)–C–C–N with tert-alkyl or cyclic N) is 1. The summed E-state index contributed by atoms with van der Waals surface area (Å²) in [7, 11) is 0. The molecule has 0 saturated carbocycles. The number of likely N-dealkylation sites (tertiary alicyclic amines) is 1. The number of aliphatic hydroxyl groups excluding tert-OH is 1. The van der Waals surface area contributed by atoms with E-state index in [1.165, 1.54) is 24.1 Å². The minimum absolute atomic E-state index is 0.273. The van der Waals surface area contributed by atoms with Gasteiger partial charge in [-0.1, -0.05) is 24.6 Å². The second kappa shape index (κ2) is 14.4. The molecule has 1 saturated heterocycles. The molecule has 9 heteroatoms. The molecule has 0 radical (unpaired) electrons. The fourth-order valence-corrected chi connectivity index (χ4v) is 4.31. The van der Waals surface area contributed by atoms with E-state index in [0.29, 0.717) is 48.9 Å². The molecule has 0 bridgehead atoms. The van der Waals surface area contributed by atoms with Crippen LogP contribution >= 0.6 is 11.3 Å². The molecular formula is C25H33NO7S. The number of rotatable bonds is 10. The maximum atomic E-state index is 10.5. The van der Waals surface area contributed by atoms with E-state index in [9.17, 15) is 14.7 Å². The molecule has 1 aliphatic heterocycles. The summed E-state index contributed by atoms with van der Waals surface area (Å²) in [6.07, 6.45) is 4.29. The van der Waals surface area contributed by atoms with Crippen molar-refractivity contribution in [3.05, 3.63) is 58.8 Å². The van der Waals surface area contributed by atoms with Crippen molar-refractivity contribution in [2.24, 2.45) is 0 Å². The molecule has 3 N–H and O–H groups in total. The zero-order valence-corrected chi connectivity index (χ0v) is 20.3. The first-order valence-corrected chi connectivity index (χ1v) is 12.1. The van der Waals surface area contributed by atoms with E-state index >= 15 is 0 Å². The average Bonchev–Trinajstić information content (AvgIpc) is 3.32. The van der Waals surface area contributed by atoms with Gasteiger partial charge in [-0.3, -0.25) is 4.90 Å². The number of carboxylic acid groups (broad SMARTS) is 2. The van der Waals surface area contributed by atoms with Gasteiger partial charge < -0.3 is 24.8 Å². The van der Waals surface area contributed by atoms with Gasteiger partial charge in [0.2, 0.25) is 0 Å².